The number of nitrogens with zero attached hydrogens (tertiary/aromatic N) is 2. The van der Waals surface area contributed by atoms with Crippen molar-refractivity contribution in [2.45, 2.75) is 26.6 Å². The van der Waals surface area contributed by atoms with E-state index in [1.165, 1.54) is 17.4 Å². The molecule has 158 valence electrons. The highest BCUT2D eigenvalue weighted by Gasteiger charge is 2.32. The van der Waals surface area contributed by atoms with E-state index >= 15 is 0 Å². The van der Waals surface area contributed by atoms with E-state index in [2.05, 4.69) is 15.3 Å². The van der Waals surface area contributed by atoms with Crippen LogP contribution in [-0.2, 0) is 17.5 Å². The van der Waals surface area contributed by atoms with Crippen LogP contribution < -0.4 is 10.1 Å². The van der Waals surface area contributed by atoms with E-state index in [-0.39, 0.29) is 6.61 Å². The van der Waals surface area contributed by atoms with Crippen molar-refractivity contribution >= 4 is 22.4 Å². The zero-order valence-corrected chi connectivity index (χ0v) is 17.1. The average molecular weight is 437 g/mol. The Hall–Kier alpha value is -3.14. The standard InChI is InChI=1S/C20H18F3N3O3S/c1-11-8-25-15(12(2)18(11)28-3)9-29-19(27)26-17-7-14(10-30-17)13-4-5-24-16(6-13)20(21,22)23/h4-8,10H,9H2,1-3H3,(H,26,27). The summed E-state index contributed by atoms with van der Waals surface area (Å²) >= 11 is 1.17. The summed E-state index contributed by atoms with van der Waals surface area (Å²) in [4.78, 5) is 19.7. The number of alkyl halides is 3. The molecule has 3 rings (SSSR count). The van der Waals surface area contributed by atoms with Gasteiger partial charge in [0.05, 0.1) is 17.8 Å². The molecule has 0 saturated heterocycles. The van der Waals surface area contributed by atoms with Crippen molar-refractivity contribution in [2.75, 3.05) is 12.4 Å². The maximum Gasteiger partial charge on any atom is 0.433 e. The first kappa shape index (κ1) is 21.6. The van der Waals surface area contributed by atoms with Gasteiger partial charge >= 0.3 is 12.3 Å². The van der Waals surface area contributed by atoms with Crippen molar-refractivity contribution in [3.63, 3.8) is 0 Å². The molecular weight excluding hydrogens is 419 g/mol. The van der Waals surface area contributed by atoms with Gasteiger partial charge in [0.25, 0.3) is 0 Å². The Labute approximate surface area is 174 Å². The Bertz CT molecular complexity index is 1070. The highest BCUT2D eigenvalue weighted by Crippen LogP contribution is 2.33. The Morgan fingerprint density at radius 1 is 1.20 bits per heavy atom. The number of ether oxygens (including phenoxy) is 2. The second kappa shape index (κ2) is 8.70. The number of carbonyl (C=O) groups is 1. The van der Waals surface area contributed by atoms with Gasteiger partial charge in [-0.1, -0.05) is 0 Å². The van der Waals surface area contributed by atoms with Crippen LogP contribution in [0.25, 0.3) is 11.1 Å². The third-order valence-electron chi connectivity index (χ3n) is 4.30. The third kappa shape index (κ3) is 4.88. The number of carbonyl (C=O) groups excluding carboxylic acids is 1. The number of hydrogen-bond donors (Lipinski definition) is 1. The van der Waals surface area contributed by atoms with E-state index in [0.717, 1.165) is 23.4 Å². The number of anilines is 1. The summed E-state index contributed by atoms with van der Waals surface area (Å²) in [5.41, 5.74) is 2.12. The summed E-state index contributed by atoms with van der Waals surface area (Å²) < 4.78 is 49.0. The fourth-order valence-electron chi connectivity index (χ4n) is 2.81. The van der Waals surface area contributed by atoms with Crippen LogP contribution in [-0.4, -0.2) is 23.2 Å². The molecule has 0 bridgehead atoms. The van der Waals surface area contributed by atoms with E-state index < -0.39 is 18.0 Å². The number of hydrogen-bond acceptors (Lipinski definition) is 6. The minimum absolute atomic E-state index is 0.0498. The van der Waals surface area contributed by atoms with E-state index in [0.29, 0.717) is 27.6 Å². The highest BCUT2D eigenvalue weighted by molar-refractivity contribution is 7.14. The molecule has 0 aliphatic rings. The van der Waals surface area contributed by atoms with Crippen LogP contribution >= 0.6 is 11.3 Å². The van der Waals surface area contributed by atoms with Gasteiger partial charge in [0.15, 0.2) is 0 Å². The third-order valence-corrected chi connectivity index (χ3v) is 5.14. The minimum Gasteiger partial charge on any atom is -0.496 e. The second-order valence-electron chi connectivity index (χ2n) is 6.37. The minimum atomic E-state index is -4.53. The van der Waals surface area contributed by atoms with E-state index in [1.54, 1.807) is 24.8 Å². The molecular formula is C20H18F3N3O3S. The van der Waals surface area contributed by atoms with Gasteiger partial charge in [-0.05, 0) is 43.2 Å². The van der Waals surface area contributed by atoms with Crippen LogP contribution in [0.2, 0.25) is 0 Å². The molecule has 1 N–H and O–H groups in total. The lowest BCUT2D eigenvalue weighted by atomic mass is 10.1. The number of methoxy groups -OCH3 is 1. The van der Waals surface area contributed by atoms with E-state index in [1.807, 2.05) is 13.8 Å². The number of aryl methyl sites for hydroxylation is 1. The Morgan fingerprint density at radius 2 is 1.97 bits per heavy atom. The molecule has 10 heteroatoms. The monoisotopic (exact) mass is 437 g/mol. The number of rotatable bonds is 5. The molecule has 0 radical (unpaired) electrons. The van der Waals surface area contributed by atoms with Gasteiger partial charge < -0.3 is 9.47 Å². The van der Waals surface area contributed by atoms with E-state index in [9.17, 15) is 18.0 Å². The van der Waals surface area contributed by atoms with Crippen LogP contribution in [0.15, 0.2) is 36.0 Å². The van der Waals surface area contributed by atoms with Crippen LogP contribution in [0.1, 0.15) is 22.5 Å². The zero-order valence-electron chi connectivity index (χ0n) is 16.3. The quantitative estimate of drug-likeness (QED) is 0.563. The Balaban J connectivity index is 1.65. The molecule has 0 aliphatic heterocycles. The molecule has 3 heterocycles. The maximum atomic E-state index is 12.8. The summed E-state index contributed by atoms with van der Waals surface area (Å²) in [6.45, 7) is 3.64. The Kier molecular flexibility index (Phi) is 6.25. The van der Waals surface area contributed by atoms with Gasteiger partial charge in [-0.2, -0.15) is 13.2 Å². The number of nitrogens with one attached hydrogen (secondary N) is 1. The van der Waals surface area contributed by atoms with Crippen molar-refractivity contribution in [2.24, 2.45) is 0 Å². The summed E-state index contributed by atoms with van der Waals surface area (Å²) in [6, 6.07) is 4.00. The molecule has 0 fully saturated rings. The van der Waals surface area contributed by atoms with Gasteiger partial charge in [-0.15, -0.1) is 11.3 Å². The molecule has 0 aliphatic carbocycles. The summed E-state index contributed by atoms with van der Waals surface area (Å²) in [6.07, 6.45) is -2.49. The number of halogens is 3. The maximum absolute atomic E-state index is 12.8. The first-order valence-electron chi connectivity index (χ1n) is 8.74. The van der Waals surface area contributed by atoms with Crippen LogP contribution in [0.4, 0.5) is 23.0 Å². The van der Waals surface area contributed by atoms with Crippen molar-refractivity contribution in [3.8, 4) is 16.9 Å². The Morgan fingerprint density at radius 3 is 2.67 bits per heavy atom. The van der Waals surface area contributed by atoms with Crippen molar-refractivity contribution in [1.29, 1.82) is 0 Å². The molecule has 1 amide bonds. The molecule has 6 nitrogen and oxygen atoms in total. The average Bonchev–Trinajstić information content (AvgIpc) is 3.15. The van der Waals surface area contributed by atoms with Crippen LogP contribution in [0, 0.1) is 13.8 Å². The predicted molar refractivity (Wildman–Crippen MR) is 107 cm³/mol. The lowest BCUT2D eigenvalue weighted by Crippen LogP contribution is -2.14. The predicted octanol–water partition coefficient (Wildman–Crippen LogP) is 5.60. The number of amides is 1. The summed E-state index contributed by atoms with van der Waals surface area (Å²) in [5.74, 6) is 0.683. The first-order chi connectivity index (χ1) is 14.2. The molecule has 0 unspecified atom stereocenters. The number of pyridine rings is 2. The smallest absolute Gasteiger partial charge is 0.433 e. The van der Waals surface area contributed by atoms with Gasteiger partial charge in [0, 0.05) is 28.9 Å². The van der Waals surface area contributed by atoms with Crippen LogP contribution in [0.3, 0.4) is 0 Å². The molecule has 0 aromatic carbocycles. The number of aromatic nitrogens is 2. The number of thiophene rings is 1. The molecule has 3 aromatic heterocycles. The van der Waals surface area contributed by atoms with Gasteiger partial charge in [0.2, 0.25) is 0 Å². The zero-order chi connectivity index (χ0) is 21.9. The lowest BCUT2D eigenvalue weighted by molar-refractivity contribution is -0.141. The molecule has 3 aromatic rings. The fraction of sp³-hybridized carbons (Fsp3) is 0.250. The first-order valence-corrected chi connectivity index (χ1v) is 9.62. The fourth-order valence-corrected chi connectivity index (χ4v) is 3.60. The SMILES string of the molecule is COc1c(C)cnc(COC(=O)Nc2cc(-c3ccnc(C(F)(F)F)c3)cs2)c1C. The molecule has 30 heavy (non-hydrogen) atoms. The van der Waals surface area contributed by atoms with Gasteiger partial charge in [-0.25, -0.2) is 4.79 Å². The van der Waals surface area contributed by atoms with Crippen LogP contribution in [0.5, 0.6) is 5.75 Å². The largest absolute Gasteiger partial charge is 0.496 e. The lowest BCUT2D eigenvalue weighted by Gasteiger charge is -2.12. The highest BCUT2D eigenvalue weighted by atomic mass is 32.1. The van der Waals surface area contributed by atoms with Crippen molar-refractivity contribution in [3.05, 3.63) is 58.5 Å². The molecule has 0 saturated carbocycles. The molecule has 0 atom stereocenters. The summed E-state index contributed by atoms with van der Waals surface area (Å²) in [5, 5.41) is 4.64. The summed E-state index contributed by atoms with van der Waals surface area (Å²) in [7, 11) is 1.56. The van der Waals surface area contributed by atoms with Crippen molar-refractivity contribution in [1.82, 2.24) is 9.97 Å². The van der Waals surface area contributed by atoms with Gasteiger partial charge in [-0.3, -0.25) is 15.3 Å². The molecule has 0 spiro atoms. The van der Waals surface area contributed by atoms with Crippen molar-refractivity contribution < 1.29 is 27.4 Å². The second-order valence-corrected chi connectivity index (χ2v) is 7.29. The topological polar surface area (TPSA) is 73.3 Å². The van der Waals surface area contributed by atoms with Gasteiger partial charge in [0.1, 0.15) is 18.1 Å². The normalized spacial score (nSPS) is 11.3. The van der Waals surface area contributed by atoms with E-state index in [4.69, 9.17) is 9.47 Å².